The minimum Gasteiger partial charge on any atom is -0.475 e. The molecule has 0 atom stereocenters. The Morgan fingerprint density at radius 2 is 1.50 bits per heavy atom. The molecule has 3 heterocycles. The van der Waals surface area contributed by atoms with Gasteiger partial charge in [-0.05, 0) is 36.4 Å². The normalized spacial score (nSPS) is 10.9. The Morgan fingerprint density at radius 1 is 0.864 bits per heavy atom. The summed E-state index contributed by atoms with van der Waals surface area (Å²) in [6.07, 6.45) is -4.85. The fraction of sp³-hybridized carbons (Fsp3) is 0.0714. The number of aliphatic carboxylic acids is 2. The summed E-state index contributed by atoms with van der Waals surface area (Å²) in [5.41, 5.74) is 3.01. The van der Waals surface area contributed by atoms with Crippen molar-refractivity contribution in [3.8, 4) is 17.5 Å². The number of benzene rings is 2. The molecule has 0 saturated carbocycles. The minimum absolute atomic E-state index is 0.300. The van der Waals surface area contributed by atoms with E-state index in [0.29, 0.717) is 28.3 Å². The Morgan fingerprint density at radius 3 is 2.11 bits per heavy atom. The number of carbonyl (C=O) groups excluding carboxylic acids is 1. The van der Waals surface area contributed by atoms with E-state index in [1.165, 1.54) is 0 Å². The van der Waals surface area contributed by atoms with Gasteiger partial charge in [0.15, 0.2) is 5.69 Å². The second-order valence-corrected chi connectivity index (χ2v) is 8.39. The van der Waals surface area contributed by atoms with Crippen molar-refractivity contribution in [2.45, 2.75) is 12.4 Å². The molecule has 0 unspecified atom stereocenters. The van der Waals surface area contributed by atoms with Crippen molar-refractivity contribution in [2.75, 3.05) is 5.32 Å². The van der Waals surface area contributed by atoms with Crippen LogP contribution in [-0.2, 0) is 9.59 Å². The first-order valence-corrected chi connectivity index (χ1v) is 11.9. The van der Waals surface area contributed by atoms with Crippen LogP contribution in [0.15, 0.2) is 85.3 Å². The van der Waals surface area contributed by atoms with Gasteiger partial charge in [-0.15, -0.1) is 0 Å². The second-order valence-electron chi connectivity index (χ2n) is 8.39. The van der Waals surface area contributed by atoms with E-state index in [2.05, 4.69) is 21.4 Å². The number of hydrogen-bond acceptors (Lipinski definition) is 6. The Labute approximate surface area is 242 Å². The lowest BCUT2D eigenvalue weighted by Crippen LogP contribution is -2.21. The molecule has 0 saturated heterocycles. The number of fused-ring (bicyclic) bond motifs is 2. The van der Waals surface area contributed by atoms with Gasteiger partial charge in [0.1, 0.15) is 5.82 Å². The van der Waals surface area contributed by atoms with Gasteiger partial charge >= 0.3 is 24.3 Å². The van der Waals surface area contributed by atoms with Crippen LogP contribution in [0.25, 0.3) is 27.7 Å². The number of nitriles is 1. The van der Waals surface area contributed by atoms with Crippen molar-refractivity contribution in [3.05, 3.63) is 96.6 Å². The predicted molar refractivity (Wildman–Crippen MR) is 142 cm³/mol. The molecule has 0 aliphatic heterocycles. The van der Waals surface area contributed by atoms with Crippen molar-refractivity contribution >= 4 is 39.8 Å². The van der Waals surface area contributed by atoms with Gasteiger partial charge in [-0.2, -0.15) is 31.6 Å². The number of rotatable bonds is 3. The molecule has 0 aliphatic rings. The summed E-state index contributed by atoms with van der Waals surface area (Å²) in [6, 6.07) is 22.5. The number of pyridine rings is 2. The van der Waals surface area contributed by atoms with Gasteiger partial charge in [-0.3, -0.25) is 14.2 Å². The lowest BCUT2D eigenvalue weighted by molar-refractivity contribution is -0.193. The summed E-state index contributed by atoms with van der Waals surface area (Å²) in [4.78, 5) is 39.7. The van der Waals surface area contributed by atoms with Crippen LogP contribution in [0.2, 0.25) is 0 Å². The standard InChI is InChI=1S/C24H15N5O.2C2HF3O2/c25-14-16-5-3-6-17(13-16)23-28-22(21-9-1-2-12-29(21)23)24(30)27-20-8-4-7-18-15-26-11-10-19(18)20;2*3-2(4,5)1(6)7/h1-13,15H,(H,27,30);2*(H,6,7). The topological polar surface area (TPSA) is 158 Å². The van der Waals surface area contributed by atoms with Crippen LogP contribution in [-0.4, -0.2) is 54.8 Å². The van der Waals surface area contributed by atoms with Gasteiger partial charge in [0.2, 0.25) is 0 Å². The van der Waals surface area contributed by atoms with E-state index in [9.17, 15) is 36.4 Å². The Hall–Kier alpha value is -5.98. The number of imidazole rings is 1. The first-order chi connectivity index (χ1) is 20.6. The molecule has 0 radical (unpaired) electrons. The fourth-order valence-corrected chi connectivity index (χ4v) is 3.55. The molecule has 0 aliphatic carbocycles. The number of alkyl halides is 6. The van der Waals surface area contributed by atoms with Gasteiger partial charge in [0, 0.05) is 40.6 Å². The van der Waals surface area contributed by atoms with Gasteiger partial charge in [0.05, 0.1) is 17.1 Å². The van der Waals surface area contributed by atoms with E-state index in [1.807, 2.05) is 65.2 Å². The second kappa shape index (κ2) is 13.3. The average molecular weight is 617 g/mol. The Kier molecular flexibility index (Phi) is 9.86. The highest BCUT2D eigenvalue weighted by Gasteiger charge is 2.38. The number of halogens is 6. The summed E-state index contributed by atoms with van der Waals surface area (Å²) < 4.78 is 65.3. The van der Waals surface area contributed by atoms with Gasteiger partial charge in [0.25, 0.3) is 5.91 Å². The number of nitrogens with one attached hydrogen (secondary N) is 1. The van der Waals surface area contributed by atoms with E-state index in [4.69, 9.17) is 19.8 Å². The van der Waals surface area contributed by atoms with Crippen LogP contribution in [0.1, 0.15) is 16.1 Å². The maximum Gasteiger partial charge on any atom is 0.490 e. The summed E-state index contributed by atoms with van der Waals surface area (Å²) in [5, 5.41) is 28.3. The molecular weight excluding hydrogens is 600 g/mol. The molecule has 1 amide bonds. The summed E-state index contributed by atoms with van der Waals surface area (Å²) in [6.45, 7) is 0. The molecule has 5 rings (SSSR count). The number of carboxylic acid groups (broad SMARTS) is 2. The fourth-order valence-electron chi connectivity index (χ4n) is 3.55. The van der Waals surface area contributed by atoms with E-state index in [-0.39, 0.29) is 5.91 Å². The largest absolute Gasteiger partial charge is 0.490 e. The molecule has 2 aromatic carbocycles. The van der Waals surface area contributed by atoms with Crippen molar-refractivity contribution in [2.24, 2.45) is 0 Å². The lowest BCUT2D eigenvalue weighted by Gasteiger charge is -2.07. The Bertz CT molecular complexity index is 1850. The molecule has 0 spiro atoms. The molecule has 10 nitrogen and oxygen atoms in total. The first kappa shape index (κ1) is 32.5. The van der Waals surface area contributed by atoms with Crippen molar-refractivity contribution in [1.29, 1.82) is 5.26 Å². The van der Waals surface area contributed by atoms with E-state index in [0.717, 1.165) is 16.3 Å². The van der Waals surface area contributed by atoms with Gasteiger partial charge < -0.3 is 15.5 Å². The number of aromatic nitrogens is 3. The quantitative estimate of drug-likeness (QED) is 0.210. The highest BCUT2D eigenvalue weighted by Crippen LogP contribution is 2.26. The number of carboxylic acids is 2. The molecule has 44 heavy (non-hydrogen) atoms. The molecule has 226 valence electrons. The van der Waals surface area contributed by atoms with Crippen molar-refractivity contribution < 1.29 is 50.9 Å². The highest BCUT2D eigenvalue weighted by molar-refractivity contribution is 6.11. The third-order valence-electron chi connectivity index (χ3n) is 5.43. The number of anilines is 1. The van der Waals surface area contributed by atoms with Crippen LogP contribution in [0.4, 0.5) is 32.0 Å². The molecule has 3 aromatic heterocycles. The van der Waals surface area contributed by atoms with E-state index in [1.54, 1.807) is 24.5 Å². The van der Waals surface area contributed by atoms with Crippen LogP contribution < -0.4 is 5.32 Å². The maximum absolute atomic E-state index is 13.2. The van der Waals surface area contributed by atoms with Crippen LogP contribution in [0, 0.1) is 11.3 Å². The van der Waals surface area contributed by atoms with Crippen LogP contribution >= 0.6 is 0 Å². The molecule has 0 bridgehead atoms. The van der Waals surface area contributed by atoms with Gasteiger partial charge in [-0.1, -0.05) is 30.3 Å². The zero-order chi connectivity index (χ0) is 32.7. The van der Waals surface area contributed by atoms with Crippen LogP contribution in [0.3, 0.4) is 0 Å². The third-order valence-corrected chi connectivity index (χ3v) is 5.43. The number of carbonyl (C=O) groups is 3. The van der Waals surface area contributed by atoms with Crippen LogP contribution in [0.5, 0.6) is 0 Å². The number of hydrogen-bond donors (Lipinski definition) is 3. The zero-order valence-electron chi connectivity index (χ0n) is 21.8. The maximum atomic E-state index is 13.2. The number of amides is 1. The van der Waals surface area contributed by atoms with Crippen molar-refractivity contribution in [1.82, 2.24) is 14.4 Å². The number of nitrogens with zero attached hydrogens (tertiary/aromatic N) is 4. The van der Waals surface area contributed by atoms with Crippen molar-refractivity contribution in [3.63, 3.8) is 0 Å². The molecule has 0 fully saturated rings. The zero-order valence-corrected chi connectivity index (χ0v) is 21.8. The monoisotopic (exact) mass is 617 g/mol. The summed E-state index contributed by atoms with van der Waals surface area (Å²) >= 11 is 0. The molecule has 5 aromatic rings. The van der Waals surface area contributed by atoms with E-state index >= 15 is 0 Å². The first-order valence-electron chi connectivity index (χ1n) is 11.9. The molecule has 3 N–H and O–H groups in total. The average Bonchev–Trinajstić information content (AvgIpc) is 3.37. The molecule has 16 heteroatoms. The summed E-state index contributed by atoms with van der Waals surface area (Å²) in [5.74, 6) is -5.21. The lowest BCUT2D eigenvalue weighted by atomic mass is 10.1. The minimum atomic E-state index is -5.08. The van der Waals surface area contributed by atoms with Gasteiger partial charge in [-0.25, -0.2) is 14.6 Å². The smallest absolute Gasteiger partial charge is 0.475 e. The Balaban J connectivity index is 0.000000317. The van der Waals surface area contributed by atoms with E-state index < -0.39 is 24.3 Å². The summed E-state index contributed by atoms with van der Waals surface area (Å²) in [7, 11) is 0. The SMILES string of the molecule is N#Cc1cccc(-c2nc(C(=O)Nc3cccc4cnccc34)c3ccccn23)c1.O=C(O)C(F)(F)F.O=C(O)C(F)(F)F. The predicted octanol–water partition coefficient (Wildman–Crippen LogP) is 5.94. The molecular formula is C28H17F6N5O5. The third kappa shape index (κ3) is 8.06. The highest BCUT2D eigenvalue weighted by atomic mass is 19.4.